The number of hydrogen-bond donors (Lipinski definition) is 3. The van der Waals surface area contributed by atoms with Crippen LogP contribution in [0.2, 0.25) is 0 Å². The Balaban J connectivity index is 1.66. The summed E-state index contributed by atoms with van der Waals surface area (Å²) in [6.45, 7) is 1.98. The van der Waals surface area contributed by atoms with E-state index < -0.39 is 13.1 Å². The van der Waals surface area contributed by atoms with Crippen LogP contribution in [0, 0.1) is 5.92 Å². The predicted octanol–water partition coefficient (Wildman–Crippen LogP) is 0.257. The first kappa shape index (κ1) is 19.8. The molecule has 2 aliphatic rings. The van der Waals surface area contributed by atoms with Crippen molar-refractivity contribution in [3.05, 3.63) is 23.3 Å². The minimum absolute atomic E-state index is 0.0231. The molecule has 146 valence electrons. The van der Waals surface area contributed by atoms with Gasteiger partial charge in [0, 0.05) is 13.1 Å². The summed E-state index contributed by atoms with van der Waals surface area (Å²) in [5.41, 5.74) is 6.24. The number of amides is 1. The number of nitrogens with zero attached hydrogens (tertiary/aromatic N) is 1. The number of ether oxygens (including phenoxy) is 1. The number of carbonyl (C=O) groups excluding carboxylic acids is 1. The van der Waals surface area contributed by atoms with Crippen LogP contribution in [0.1, 0.15) is 22.3 Å². The molecule has 2 atom stereocenters. The fourth-order valence-electron chi connectivity index (χ4n) is 3.45. The summed E-state index contributed by atoms with van der Waals surface area (Å²) < 4.78 is 10.6. The molecule has 3 rings (SSSR count). The fraction of sp³-hybridized carbons (Fsp3) is 0.529. The zero-order valence-corrected chi connectivity index (χ0v) is 15.9. The maximum atomic E-state index is 12.4. The maximum absolute atomic E-state index is 12.4. The number of rotatable bonds is 6. The number of carboxylic acids is 1. The first-order chi connectivity index (χ1) is 12.9. The van der Waals surface area contributed by atoms with Gasteiger partial charge < -0.3 is 30.2 Å². The average molecular weight is 394 g/mol. The first-order valence-corrected chi connectivity index (χ1v) is 9.86. The Morgan fingerprint density at radius 3 is 2.89 bits per heavy atom. The molecule has 2 heterocycles. The van der Waals surface area contributed by atoms with E-state index in [1.807, 2.05) is 4.90 Å². The number of methoxy groups -OCH3 is 1. The van der Waals surface area contributed by atoms with E-state index in [0.29, 0.717) is 31.0 Å². The maximum Gasteiger partial charge on any atom is 0.536 e. The molecule has 27 heavy (non-hydrogen) atoms. The Morgan fingerprint density at radius 1 is 1.48 bits per heavy atom. The molecule has 0 bridgehead atoms. The second-order valence-electron chi connectivity index (χ2n) is 6.73. The smallest absolute Gasteiger partial charge is 0.534 e. The largest absolute Gasteiger partial charge is 0.536 e. The summed E-state index contributed by atoms with van der Waals surface area (Å²) in [4.78, 5) is 25.7. The topological polar surface area (TPSA) is 122 Å². The van der Waals surface area contributed by atoms with Crippen LogP contribution in [0.4, 0.5) is 0 Å². The lowest BCUT2D eigenvalue weighted by atomic mass is 9.77. The monoisotopic (exact) mass is 394 g/mol. The molecular weight excluding hydrogens is 371 g/mol. The number of benzene rings is 1. The van der Waals surface area contributed by atoms with Gasteiger partial charge in [0.1, 0.15) is 17.1 Å². The van der Waals surface area contributed by atoms with Crippen molar-refractivity contribution in [2.45, 2.75) is 18.0 Å². The average Bonchev–Trinajstić information content (AvgIpc) is 3.14. The molecule has 0 aliphatic carbocycles. The zero-order chi connectivity index (χ0) is 19.6. The van der Waals surface area contributed by atoms with Gasteiger partial charge in [0.25, 0.3) is 0 Å². The van der Waals surface area contributed by atoms with Crippen molar-refractivity contribution in [3.8, 4) is 11.5 Å². The molecule has 0 saturated carbocycles. The van der Waals surface area contributed by atoms with Crippen LogP contribution < -0.4 is 15.1 Å². The van der Waals surface area contributed by atoms with Crippen molar-refractivity contribution in [1.29, 1.82) is 0 Å². The van der Waals surface area contributed by atoms with Gasteiger partial charge in [-0.15, -0.1) is 11.8 Å². The number of hydrogen-bond acceptors (Lipinski definition) is 7. The molecule has 10 heteroatoms. The minimum atomic E-state index is -1.20. The van der Waals surface area contributed by atoms with E-state index in [-0.39, 0.29) is 33.9 Å². The molecule has 1 aromatic rings. The van der Waals surface area contributed by atoms with Crippen LogP contribution in [-0.4, -0.2) is 71.7 Å². The molecular formula is C17H23BN2O6S. The number of carboxylic acid groups (broad SMARTS) is 1. The van der Waals surface area contributed by atoms with Crippen LogP contribution >= 0.6 is 11.8 Å². The Morgan fingerprint density at radius 2 is 2.26 bits per heavy atom. The van der Waals surface area contributed by atoms with Crippen molar-refractivity contribution in [3.63, 3.8) is 0 Å². The van der Waals surface area contributed by atoms with E-state index in [1.165, 1.54) is 18.9 Å². The molecule has 0 spiro atoms. The second-order valence-corrected chi connectivity index (χ2v) is 7.96. The Bertz CT molecular complexity index is 734. The highest BCUT2D eigenvalue weighted by atomic mass is 32.2. The van der Waals surface area contributed by atoms with Gasteiger partial charge >= 0.3 is 13.1 Å². The zero-order valence-electron chi connectivity index (χ0n) is 15.1. The number of aromatic carboxylic acids is 1. The van der Waals surface area contributed by atoms with E-state index in [4.69, 9.17) is 15.1 Å². The van der Waals surface area contributed by atoms with Crippen molar-refractivity contribution in [2.24, 2.45) is 11.7 Å². The lowest BCUT2D eigenvalue weighted by Gasteiger charge is -2.29. The summed E-state index contributed by atoms with van der Waals surface area (Å²) in [7, 11) is 0.182. The van der Waals surface area contributed by atoms with Crippen LogP contribution in [0.15, 0.2) is 12.1 Å². The third-order valence-corrected chi connectivity index (χ3v) is 6.25. The van der Waals surface area contributed by atoms with Gasteiger partial charge in [-0.25, -0.2) is 4.79 Å². The van der Waals surface area contributed by atoms with E-state index in [9.17, 15) is 19.7 Å². The van der Waals surface area contributed by atoms with Gasteiger partial charge in [-0.05, 0) is 36.9 Å². The fourth-order valence-corrected chi connectivity index (χ4v) is 4.51. The summed E-state index contributed by atoms with van der Waals surface area (Å²) in [5.74, 6) is -0.255. The standard InChI is InChI=1S/C17H23BN2O6S/c1-25-12-3-2-11-6-13(18(24)26-16(11)15(12)17(22)23)27-9-14(21)20-5-4-10(7-19)8-20/h2-3,10,13,24H,4-9,19H2,1H3,(H,22,23)/t10?,13-/m0/s1. The van der Waals surface area contributed by atoms with Gasteiger partial charge in [-0.1, -0.05) is 6.07 Å². The number of thioether (sulfide) groups is 1. The molecule has 1 fully saturated rings. The summed E-state index contributed by atoms with van der Waals surface area (Å²) >= 11 is 1.32. The number of nitrogens with two attached hydrogens (primary N) is 1. The molecule has 1 unspecified atom stereocenters. The normalized spacial score (nSPS) is 21.6. The minimum Gasteiger partial charge on any atom is -0.534 e. The first-order valence-electron chi connectivity index (χ1n) is 8.82. The van der Waals surface area contributed by atoms with Gasteiger partial charge in [0.15, 0.2) is 0 Å². The van der Waals surface area contributed by atoms with Crippen LogP contribution in [-0.2, 0) is 11.2 Å². The van der Waals surface area contributed by atoms with Crippen LogP contribution in [0.3, 0.4) is 0 Å². The van der Waals surface area contributed by atoms with Gasteiger partial charge in [0.2, 0.25) is 5.91 Å². The number of carbonyl (C=O) groups is 2. The third kappa shape index (κ3) is 4.17. The number of likely N-dealkylation sites (tertiary alicyclic amines) is 1. The Kier molecular flexibility index (Phi) is 6.18. The molecule has 0 aromatic heterocycles. The van der Waals surface area contributed by atoms with Crippen molar-refractivity contribution < 1.29 is 29.1 Å². The van der Waals surface area contributed by atoms with E-state index >= 15 is 0 Å². The van der Waals surface area contributed by atoms with Gasteiger partial charge in [-0.2, -0.15) is 0 Å². The van der Waals surface area contributed by atoms with Crippen molar-refractivity contribution in [1.82, 2.24) is 4.90 Å². The highest BCUT2D eigenvalue weighted by Crippen LogP contribution is 2.38. The Labute approximate surface area is 162 Å². The number of fused-ring (bicyclic) bond motifs is 1. The van der Waals surface area contributed by atoms with E-state index in [1.54, 1.807) is 12.1 Å². The molecule has 1 saturated heterocycles. The summed E-state index contributed by atoms with van der Waals surface area (Å²) in [6.07, 6.45) is 1.33. The van der Waals surface area contributed by atoms with Crippen molar-refractivity contribution in [2.75, 3.05) is 32.5 Å². The molecule has 1 aromatic carbocycles. The lowest BCUT2D eigenvalue weighted by molar-refractivity contribution is -0.127. The molecule has 2 aliphatic heterocycles. The van der Waals surface area contributed by atoms with E-state index in [0.717, 1.165) is 13.0 Å². The van der Waals surface area contributed by atoms with Gasteiger partial charge in [-0.3, -0.25) is 4.79 Å². The van der Waals surface area contributed by atoms with E-state index in [2.05, 4.69) is 0 Å². The van der Waals surface area contributed by atoms with Crippen molar-refractivity contribution >= 4 is 30.8 Å². The highest BCUT2D eigenvalue weighted by Gasteiger charge is 2.39. The molecule has 4 N–H and O–H groups in total. The summed E-state index contributed by atoms with van der Waals surface area (Å²) in [6, 6.07) is 3.31. The quantitative estimate of drug-likeness (QED) is 0.588. The SMILES string of the molecule is COc1ccc2c(c1C(=O)O)OB(O)[C@@H](SCC(=O)N1CCC(CN)C1)C2. The highest BCUT2D eigenvalue weighted by molar-refractivity contribution is 8.01. The third-order valence-electron chi connectivity index (χ3n) is 5.01. The van der Waals surface area contributed by atoms with Gasteiger partial charge in [0.05, 0.1) is 18.0 Å². The molecule has 8 nitrogen and oxygen atoms in total. The molecule has 1 amide bonds. The summed E-state index contributed by atoms with van der Waals surface area (Å²) in [5, 5.41) is 19.4. The Hall–Kier alpha value is -1.91. The van der Waals surface area contributed by atoms with Crippen LogP contribution in [0.5, 0.6) is 11.5 Å². The lowest BCUT2D eigenvalue weighted by Crippen LogP contribution is -2.42. The van der Waals surface area contributed by atoms with Crippen LogP contribution in [0.25, 0.3) is 0 Å². The second kappa shape index (κ2) is 8.41. The molecule has 0 radical (unpaired) electrons. The predicted molar refractivity (Wildman–Crippen MR) is 102 cm³/mol.